The fraction of sp³-hybridized carbons (Fsp3) is 0.375. The molecule has 0 N–H and O–H groups in total. The van der Waals surface area contributed by atoms with Crippen LogP contribution in [0.15, 0.2) is 36.4 Å². The lowest BCUT2D eigenvalue weighted by atomic mass is 10.1. The molecule has 2 rings (SSSR count). The number of rotatable bonds is 4. The summed E-state index contributed by atoms with van der Waals surface area (Å²) in [5, 5.41) is 0. The third-order valence-corrected chi connectivity index (χ3v) is 4.76. The number of hydrogen-bond donors (Lipinski definition) is 0. The van der Waals surface area contributed by atoms with Crippen LogP contribution in [0, 0.1) is 0 Å². The van der Waals surface area contributed by atoms with Crippen molar-refractivity contribution in [1.29, 1.82) is 0 Å². The minimum atomic E-state index is 0.671. The van der Waals surface area contributed by atoms with Crippen molar-refractivity contribution in [3.05, 3.63) is 41.3 Å². The van der Waals surface area contributed by atoms with E-state index in [0.717, 1.165) is 0 Å². The standard InChI is InChI=1S/C16H21NS/c1-5-12(2)15-10-11-16(18-15)13-6-8-14(9-7-13)17(3)4/h6-12H,5H2,1-4H3. The first-order valence-corrected chi connectivity index (χ1v) is 7.31. The highest BCUT2D eigenvalue weighted by molar-refractivity contribution is 7.15. The Balaban J connectivity index is 2.23. The van der Waals surface area contributed by atoms with Crippen molar-refractivity contribution in [2.24, 2.45) is 0 Å². The van der Waals surface area contributed by atoms with Gasteiger partial charge in [-0.2, -0.15) is 0 Å². The smallest absolute Gasteiger partial charge is 0.0361 e. The predicted molar refractivity (Wildman–Crippen MR) is 82.8 cm³/mol. The second-order valence-electron chi connectivity index (χ2n) is 4.95. The fourth-order valence-corrected chi connectivity index (χ4v) is 3.05. The summed E-state index contributed by atoms with van der Waals surface area (Å²) in [6.07, 6.45) is 1.21. The lowest BCUT2D eigenvalue weighted by Crippen LogP contribution is -2.07. The van der Waals surface area contributed by atoms with Gasteiger partial charge in [0.25, 0.3) is 0 Å². The molecule has 1 aromatic heterocycles. The van der Waals surface area contributed by atoms with Gasteiger partial charge in [0.05, 0.1) is 0 Å². The van der Waals surface area contributed by atoms with Gasteiger partial charge in [-0.1, -0.05) is 26.0 Å². The Morgan fingerprint density at radius 2 is 1.72 bits per heavy atom. The highest BCUT2D eigenvalue weighted by Crippen LogP contribution is 2.33. The average molecular weight is 259 g/mol. The van der Waals surface area contributed by atoms with E-state index >= 15 is 0 Å². The number of benzene rings is 1. The fourth-order valence-electron chi connectivity index (χ4n) is 1.90. The molecule has 0 aliphatic heterocycles. The summed E-state index contributed by atoms with van der Waals surface area (Å²) in [5.74, 6) is 0.671. The van der Waals surface area contributed by atoms with E-state index in [1.165, 1.54) is 27.4 Å². The van der Waals surface area contributed by atoms with Crippen LogP contribution >= 0.6 is 11.3 Å². The van der Waals surface area contributed by atoms with E-state index in [0.29, 0.717) is 5.92 Å². The first-order valence-electron chi connectivity index (χ1n) is 6.49. The van der Waals surface area contributed by atoms with E-state index in [9.17, 15) is 0 Å². The highest BCUT2D eigenvalue weighted by Gasteiger charge is 2.08. The van der Waals surface area contributed by atoms with Crippen LogP contribution in [-0.4, -0.2) is 14.1 Å². The molecule has 96 valence electrons. The van der Waals surface area contributed by atoms with Crippen molar-refractivity contribution in [1.82, 2.24) is 0 Å². The van der Waals surface area contributed by atoms with Crippen molar-refractivity contribution >= 4 is 17.0 Å². The molecule has 1 unspecified atom stereocenters. The molecule has 1 nitrogen and oxygen atoms in total. The highest BCUT2D eigenvalue weighted by atomic mass is 32.1. The Morgan fingerprint density at radius 3 is 2.28 bits per heavy atom. The van der Waals surface area contributed by atoms with E-state index in [2.05, 4.69) is 69.2 Å². The van der Waals surface area contributed by atoms with Crippen molar-refractivity contribution in [2.45, 2.75) is 26.2 Å². The van der Waals surface area contributed by atoms with Gasteiger partial charge in [0.15, 0.2) is 0 Å². The third-order valence-electron chi connectivity index (χ3n) is 3.39. The average Bonchev–Trinajstić information content (AvgIpc) is 2.87. The summed E-state index contributed by atoms with van der Waals surface area (Å²) < 4.78 is 0. The zero-order chi connectivity index (χ0) is 13.1. The van der Waals surface area contributed by atoms with Crippen LogP contribution in [0.2, 0.25) is 0 Å². The van der Waals surface area contributed by atoms with Crippen LogP contribution in [0.5, 0.6) is 0 Å². The van der Waals surface area contributed by atoms with Crippen molar-refractivity contribution in [3.8, 4) is 10.4 Å². The Hall–Kier alpha value is -1.28. The molecule has 0 amide bonds. The summed E-state index contributed by atoms with van der Waals surface area (Å²) in [4.78, 5) is 4.99. The monoisotopic (exact) mass is 259 g/mol. The van der Waals surface area contributed by atoms with Gasteiger partial charge in [-0.05, 0) is 42.2 Å². The first kappa shape index (κ1) is 13.2. The van der Waals surface area contributed by atoms with Crippen molar-refractivity contribution < 1.29 is 0 Å². The van der Waals surface area contributed by atoms with Gasteiger partial charge in [0.1, 0.15) is 0 Å². The van der Waals surface area contributed by atoms with Crippen molar-refractivity contribution in [2.75, 3.05) is 19.0 Å². The maximum absolute atomic E-state index is 2.30. The van der Waals surface area contributed by atoms with Gasteiger partial charge in [-0.25, -0.2) is 0 Å². The molecule has 0 aliphatic rings. The Kier molecular flexibility index (Phi) is 4.07. The van der Waals surface area contributed by atoms with Gasteiger partial charge in [0.2, 0.25) is 0 Å². The summed E-state index contributed by atoms with van der Waals surface area (Å²) in [7, 11) is 4.14. The van der Waals surface area contributed by atoms with E-state index in [1.807, 2.05) is 11.3 Å². The molecule has 2 aromatic rings. The number of hydrogen-bond acceptors (Lipinski definition) is 2. The largest absolute Gasteiger partial charge is 0.378 e. The topological polar surface area (TPSA) is 3.24 Å². The summed E-state index contributed by atoms with van der Waals surface area (Å²) in [5.41, 5.74) is 2.57. The number of nitrogens with zero attached hydrogens (tertiary/aromatic N) is 1. The molecule has 1 heterocycles. The summed E-state index contributed by atoms with van der Waals surface area (Å²) >= 11 is 1.92. The van der Waals surface area contributed by atoms with Crippen LogP contribution in [0.4, 0.5) is 5.69 Å². The van der Waals surface area contributed by atoms with Crippen LogP contribution in [0.3, 0.4) is 0 Å². The number of thiophene rings is 1. The molecule has 0 radical (unpaired) electrons. The molecular formula is C16H21NS. The minimum Gasteiger partial charge on any atom is -0.378 e. The van der Waals surface area contributed by atoms with E-state index in [1.54, 1.807) is 0 Å². The van der Waals surface area contributed by atoms with E-state index in [-0.39, 0.29) is 0 Å². The molecule has 18 heavy (non-hydrogen) atoms. The summed E-state index contributed by atoms with van der Waals surface area (Å²) in [6, 6.07) is 13.3. The molecule has 0 aliphatic carbocycles. The summed E-state index contributed by atoms with van der Waals surface area (Å²) in [6.45, 7) is 4.54. The Morgan fingerprint density at radius 1 is 1.06 bits per heavy atom. The molecule has 0 saturated carbocycles. The predicted octanol–water partition coefficient (Wildman–Crippen LogP) is 4.99. The van der Waals surface area contributed by atoms with Crippen molar-refractivity contribution in [3.63, 3.8) is 0 Å². The normalized spacial score (nSPS) is 12.4. The Labute approximate surface area is 114 Å². The van der Waals surface area contributed by atoms with Crippen LogP contribution in [0.1, 0.15) is 31.1 Å². The SMILES string of the molecule is CCC(C)c1ccc(-c2ccc(N(C)C)cc2)s1. The van der Waals surface area contributed by atoms with Crippen LogP contribution in [0.25, 0.3) is 10.4 Å². The van der Waals surface area contributed by atoms with Gasteiger partial charge in [-0.3, -0.25) is 0 Å². The molecule has 0 spiro atoms. The second kappa shape index (κ2) is 5.57. The molecule has 1 atom stereocenters. The van der Waals surface area contributed by atoms with Crippen LogP contribution < -0.4 is 4.90 Å². The van der Waals surface area contributed by atoms with Gasteiger partial charge >= 0.3 is 0 Å². The maximum Gasteiger partial charge on any atom is 0.0361 e. The first-order chi connectivity index (χ1) is 8.61. The molecule has 0 bridgehead atoms. The van der Waals surface area contributed by atoms with E-state index < -0.39 is 0 Å². The van der Waals surface area contributed by atoms with Gasteiger partial charge in [-0.15, -0.1) is 11.3 Å². The number of anilines is 1. The van der Waals surface area contributed by atoms with Crippen LogP contribution in [-0.2, 0) is 0 Å². The quantitative estimate of drug-likeness (QED) is 0.747. The molecule has 0 saturated heterocycles. The third kappa shape index (κ3) is 2.75. The minimum absolute atomic E-state index is 0.671. The van der Waals surface area contributed by atoms with E-state index in [4.69, 9.17) is 0 Å². The molecule has 1 aromatic carbocycles. The molecule has 2 heteroatoms. The lowest BCUT2D eigenvalue weighted by Gasteiger charge is -2.12. The molecule has 0 fully saturated rings. The van der Waals surface area contributed by atoms with Gasteiger partial charge < -0.3 is 4.90 Å². The Bertz CT molecular complexity index is 496. The lowest BCUT2D eigenvalue weighted by molar-refractivity contribution is 0.748. The van der Waals surface area contributed by atoms with Gasteiger partial charge in [0, 0.05) is 29.5 Å². The molecular weight excluding hydrogens is 238 g/mol. The zero-order valence-corrected chi connectivity index (χ0v) is 12.4. The second-order valence-corrected chi connectivity index (χ2v) is 6.07. The zero-order valence-electron chi connectivity index (χ0n) is 11.6. The maximum atomic E-state index is 2.30.